The SMILES string of the molecule is CCCCCCCCCCCCC(CCC)N(C)C.O=S(=O)(O)O. The largest absolute Gasteiger partial charge is 0.394 e. The van der Waals surface area contributed by atoms with Crippen LogP contribution in [0.5, 0.6) is 0 Å². The average molecular weight is 368 g/mol. The molecule has 0 heterocycles. The molecule has 0 rings (SSSR count). The Balaban J connectivity index is 0. The molecule has 0 aliphatic carbocycles. The summed E-state index contributed by atoms with van der Waals surface area (Å²) >= 11 is 0. The summed E-state index contributed by atoms with van der Waals surface area (Å²) in [4.78, 5) is 2.41. The van der Waals surface area contributed by atoms with Crippen LogP contribution in [0.25, 0.3) is 0 Å². The zero-order valence-corrected chi connectivity index (χ0v) is 17.2. The molecule has 0 fully saturated rings. The van der Waals surface area contributed by atoms with Gasteiger partial charge in [0.2, 0.25) is 0 Å². The topological polar surface area (TPSA) is 77.8 Å². The predicted molar refractivity (Wildman–Crippen MR) is 103 cm³/mol. The van der Waals surface area contributed by atoms with E-state index >= 15 is 0 Å². The van der Waals surface area contributed by atoms with Gasteiger partial charge in [-0.1, -0.05) is 84.5 Å². The van der Waals surface area contributed by atoms with Crippen molar-refractivity contribution in [1.29, 1.82) is 0 Å². The molecular weight excluding hydrogens is 326 g/mol. The van der Waals surface area contributed by atoms with Crippen molar-refractivity contribution in [3.63, 3.8) is 0 Å². The molecule has 0 saturated carbocycles. The lowest BCUT2D eigenvalue weighted by atomic mass is 10.0. The monoisotopic (exact) mass is 367 g/mol. The van der Waals surface area contributed by atoms with Gasteiger partial charge in [-0.2, -0.15) is 8.42 Å². The summed E-state index contributed by atoms with van der Waals surface area (Å²) in [5, 5.41) is 0. The second-order valence-corrected chi connectivity index (χ2v) is 7.72. The third-order valence-electron chi connectivity index (χ3n) is 4.24. The Labute approximate surface area is 150 Å². The van der Waals surface area contributed by atoms with Crippen LogP contribution < -0.4 is 0 Å². The smallest absolute Gasteiger partial charge is 0.306 e. The highest BCUT2D eigenvalue weighted by molar-refractivity contribution is 7.79. The van der Waals surface area contributed by atoms with E-state index in [-0.39, 0.29) is 0 Å². The molecule has 0 radical (unpaired) electrons. The van der Waals surface area contributed by atoms with Crippen molar-refractivity contribution in [3.8, 4) is 0 Å². The van der Waals surface area contributed by atoms with Gasteiger partial charge < -0.3 is 4.90 Å². The molecule has 0 aromatic heterocycles. The lowest BCUT2D eigenvalue weighted by Gasteiger charge is -2.23. The van der Waals surface area contributed by atoms with Gasteiger partial charge in [-0.05, 0) is 26.9 Å². The molecule has 6 heteroatoms. The number of rotatable bonds is 14. The molecule has 2 N–H and O–H groups in total. The van der Waals surface area contributed by atoms with Crippen LogP contribution in [0.15, 0.2) is 0 Å². The number of hydrogen-bond acceptors (Lipinski definition) is 3. The number of unbranched alkanes of at least 4 members (excludes halogenated alkanes) is 9. The molecule has 0 aliphatic rings. The summed E-state index contributed by atoms with van der Waals surface area (Å²) in [5.41, 5.74) is 0. The van der Waals surface area contributed by atoms with Crippen molar-refractivity contribution in [1.82, 2.24) is 4.90 Å². The van der Waals surface area contributed by atoms with Gasteiger partial charge in [-0.3, -0.25) is 9.11 Å². The van der Waals surface area contributed by atoms with Crippen LogP contribution in [0.1, 0.15) is 97.3 Å². The van der Waals surface area contributed by atoms with E-state index in [1.165, 1.54) is 83.5 Å². The molecule has 0 spiro atoms. The van der Waals surface area contributed by atoms with Crippen molar-refractivity contribution in [3.05, 3.63) is 0 Å². The van der Waals surface area contributed by atoms with Crippen LogP contribution in [0.2, 0.25) is 0 Å². The molecule has 0 bridgehead atoms. The number of nitrogens with zero attached hydrogens (tertiary/aromatic N) is 1. The van der Waals surface area contributed by atoms with E-state index in [4.69, 9.17) is 17.5 Å². The van der Waals surface area contributed by atoms with Gasteiger partial charge >= 0.3 is 10.4 Å². The van der Waals surface area contributed by atoms with Crippen molar-refractivity contribution in [2.75, 3.05) is 14.1 Å². The van der Waals surface area contributed by atoms with Gasteiger partial charge in [0.25, 0.3) is 0 Å². The lowest BCUT2D eigenvalue weighted by molar-refractivity contribution is 0.256. The van der Waals surface area contributed by atoms with E-state index in [1.54, 1.807) is 0 Å². The van der Waals surface area contributed by atoms with E-state index in [0.29, 0.717) is 0 Å². The van der Waals surface area contributed by atoms with Crippen molar-refractivity contribution in [2.24, 2.45) is 0 Å². The fraction of sp³-hybridized carbons (Fsp3) is 1.00. The molecule has 0 aromatic rings. The predicted octanol–water partition coefficient (Wildman–Crippen LogP) is 5.37. The molecule has 1 unspecified atom stereocenters. The Morgan fingerprint density at radius 1 is 0.708 bits per heavy atom. The molecule has 0 amide bonds. The summed E-state index contributed by atoms with van der Waals surface area (Å²) in [5.74, 6) is 0. The highest BCUT2D eigenvalue weighted by Crippen LogP contribution is 2.15. The van der Waals surface area contributed by atoms with Crippen LogP contribution in [0, 0.1) is 0 Å². The Morgan fingerprint density at radius 3 is 1.42 bits per heavy atom. The minimum Gasteiger partial charge on any atom is -0.306 e. The quantitative estimate of drug-likeness (QED) is 0.318. The summed E-state index contributed by atoms with van der Waals surface area (Å²) < 4.78 is 31.6. The minimum absolute atomic E-state index is 0.819. The van der Waals surface area contributed by atoms with Gasteiger partial charge in [0.1, 0.15) is 0 Å². The Hall–Kier alpha value is -0.170. The first-order chi connectivity index (χ1) is 11.2. The van der Waals surface area contributed by atoms with Crippen molar-refractivity contribution < 1.29 is 17.5 Å². The van der Waals surface area contributed by atoms with Gasteiger partial charge in [-0.25, -0.2) is 0 Å². The fourth-order valence-electron chi connectivity index (χ4n) is 2.86. The van der Waals surface area contributed by atoms with Crippen molar-refractivity contribution in [2.45, 2.75) is 103 Å². The zero-order valence-electron chi connectivity index (χ0n) is 16.3. The van der Waals surface area contributed by atoms with Gasteiger partial charge in [0.05, 0.1) is 0 Å². The van der Waals surface area contributed by atoms with E-state index in [1.807, 2.05) is 0 Å². The Kier molecular flexibility index (Phi) is 19.2. The second-order valence-electron chi connectivity index (χ2n) is 6.82. The highest BCUT2D eigenvalue weighted by atomic mass is 32.3. The third kappa shape index (κ3) is 26.7. The first-order valence-electron chi connectivity index (χ1n) is 9.58. The molecule has 148 valence electrons. The van der Waals surface area contributed by atoms with Crippen LogP contribution in [0.4, 0.5) is 0 Å². The lowest BCUT2D eigenvalue weighted by Crippen LogP contribution is -2.27. The molecule has 0 aromatic carbocycles. The minimum atomic E-state index is -4.67. The van der Waals surface area contributed by atoms with Crippen LogP contribution in [-0.2, 0) is 10.4 Å². The fourth-order valence-corrected chi connectivity index (χ4v) is 2.86. The standard InChI is InChI=1S/C18H39N.H2O4S/c1-5-7-8-9-10-11-12-13-14-15-17-18(16-6-2)19(3)4;1-5(2,3)4/h18H,5-17H2,1-4H3;(H2,1,2,3,4). The van der Waals surface area contributed by atoms with E-state index in [2.05, 4.69) is 32.8 Å². The molecular formula is C18H41NO4S. The van der Waals surface area contributed by atoms with Crippen LogP contribution >= 0.6 is 0 Å². The van der Waals surface area contributed by atoms with E-state index < -0.39 is 10.4 Å². The van der Waals surface area contributed by atoms with E-state index in [9.17, 15) is 0 Å². The summed E-state index contributed by atoms with van der Waals surface area (Å²) in [6.45, 7) is 4.59. The normalized spacial score (nSPS) is 12.8. The molecule has 24 heavy (non-hydrogen) atoms. The zero-order chi connectivity index (χ0) is 18.8. The van der Waals surface area contributed by atoms with Crippen LogP contribution in [-0.4, -0.2) is 42.6 Å². The summed E-state index contributed by atoms with van der Waals surface area (Å²) in [6, 6.07) is 0.819. The summed E-state index contributed by atoms with van der Waals surface area (Å²) in [7, 11) is -0.201. The number of hydrogen-bond donors (Lipinski definition) is 2. The Morgan fingerprint density at radius 2 is 1.08 bits per heavy atom. The molecule has 0 aliphatic heterocycles. The summed E-state index contributed by atoms with van der Waals surface area (Å²) in [6.07, 6.45) is 18.5. The van der Waals surface area contributed by atoms with Gasteiger partial charge in [0.15, 0.2) is 0 Å². The second kappa shape index (κ2) is 17.6. The van der Waals surface area contributed by atoms with E-state index in [0.717, 1.165) is 6.04 Å². The average Bonchev–Trinajstić information content (AvgIpc) is 2.46. The molecule has 0 saturated heterocycles. The molecule has 1 atom stereocenters. The Bertz CT molecular complexity index is 337. The molecule has 5 nitrogen and oxygen atoms in total. The maximum Gasteiger partial charge on any atom is 0.394 e. The van der Waals surface area contributed by atoms with Crippen molar-refractivity contribution >= 4 is 10.4 Å². The van der Waals surface area contributed by atoms with Gasteiger partial charge in [0, 0.05) is 6.04 Å². The van der Waals surface area contributed by atoms with Crippen LogP contribution in [0.3, 0.4) is 0 Å². The first-order valence-corrected chi connectivity index (χ1v) is 11.0. The third-order valence-corrected chi connectivity index (χ3v) is 4.24. The highest BCUT2D eigenvalue weighted by Gasteiger charge is 2.08. The maximum atomic E-state index is 8.74. The maximum absolute atomic E-state index is 8.74. The van der Waals surface area contributed by atoms with Gasteiger partial charge in [-0.15, -0.1) is 0 Å². The first kappa shape index (κ1) is 26.1.